The molecule has 0 N–H and O–H groups in total. The van der Waals surface area contributed by atoms with Crippen LogP contribution in [0.4, 0.5) is 27.5 Å². The molecule has 2 saturated heterocycles. The summed E-state index contributed by atoms with van der Waals surface area (Å²) >= 11 is 0. The molecule has 9 nitrogen and oxygen atoms in total. The normalized spacial score (nSPS) is 20.1. The fourth-order valence-electron chi connectivity index (χ4n) is 6.14. The lowest BCUT2D eigenvalue weighted by Crippen LogP contribution is -2.72. The topological polar surface area (TPSA) is 104 Å². The van der Waals surface area contributed by atoms with Crippen molar-refractivity contribution in [2.45, 2.75) is 39.2 Å². The van der Waals surface area contributed by atoms with E-state index in [4.69, 9.17) is 0 Å². The maximum absolute atomic E-state index is 14.5. The highest BCUT2D eigenvalue weighted by Crippen LogP contribution is 2.51. The Morgan fingerprint density at radius 2 is 1.39 bits per heavy atom. The lowest BCUT2D eigenvalue weighted by molar-refractivity contribution is -0.384. The number of carbonyl (C=O) groups is 3. The number of carbonyl (C=O) groups excluding carboxylic acids is 3. The molecule has 3 heterocycles. The Morgan fingerprint density at radius 1 is 0.842 bits per heavy atom. The summed E-state index contributed by atoms with van der Waals surface area (Å²) in [6.07, 6.45) is 1.32. The predicted molar refractivity (Wildman–Crippen MR) is 142 cm³/mol. The summed E-state index contributed by atoms with van der Waals surface area (Å²) in [7, 11) is 0. The van der Waals surface area contributed by atoms with Gasteiger partial charge in [-0.25, -0.2) is 14.6 Å². The van der Waals surface area contributed by atoms with E-state index in [1.165, 1.54) is 12.1 Å². The average Bonchev–Trinajstić information content (AvgIpc) is 3.40. The van der Waals surface area contributed by atoms with Gasteiger partial charge in [-0.15, -0.1) is 0 Å². The highest BCUT2D eigenvalue weighted by molar-refractivity contribution is 6.39. The monoisotopic (exact) mass is 510 g/mol. The zero-order valence-electron chi connectivity index (χ0n) is 21.1. The van der Waals surface area contributed by atoms with Crippen molar-refractivity contribution in [1.29, 1.82) is 0 Å². The van der Waals surface area contributed by atoms with Crippen molar-refractivity contribution in [1.82, 2.24) is 0 Å². The molecule has 1 spiro atoms. The van der Waals surface area contributed by atoms with Crippen molar-refractivity contribution >= 4 is 40.6 Å². The molecule has 0 unspecified atom stereocenters. The third-order valence-electron chi connectivity index (χ3n) is 8.01. The number of hydrogen-bond acceptors (Lipinski definition) is 6. The minimum absolute atomic E-state index is 0.0269. The molecule has 1 atom stereocenters. The lowest BCUT2D eigenvalue weighted by atomic mass is 9.68. The van der Waals surface area contributed by atoms with E-state index in [1.54, 1.807) is 30.3 Å². The summed E-state index contributed by atoms with van der Waals surface area (Å²) in [4.78, 5) is 58.3. The van der Waals surface area contributed by atoms with Crippen LogP contribution in [0.2, 0.25) is 0 Å². The zero-order chi connectivity index (χ0) is 26.8. The van der Waals surface area contributed by atoms with Gasteiger partial charge in [-0.1, -0.05) is 35.4 Å². The minimum Gasteiger partial charge on any atom is -0.367 e. The summed E-state index contributed by atoms with van der Waals surface area (Å²) in [6.45, 7) is 4.43. The maximum atomic E-state index is 14.5. The summed E-state index contributed by atoms with van der Waals surface area (Å²) in [5.74, 6) is -1.18. The molecule has 3 aliphatic heterocycles. The Balaban J connectivity index is 1.58. The van der Waals surface area contributed by atoms with Crippen LogP contribution >= 0.6 is 0 Å². The number of amides is 4. The first-order chi connectivity index (χ1) is 18.2. The molecule has 0 saturated carbocycles. The fourth-order valence-corrected chi connectivity index (χ4v) is 6.14. The Kier molecular flexibility index (Phi) is 5.34. The highest BCUT2D eigenvalue weighted by Gasteiger charge is 2.65. The van der Waals surface area contributed by atoms with E-state index in [1.807, 2.05) is 43.0 Å². The molecule has 2 fully saturated rings. The van der Waals surface area contributed by atoms with Crippen LogP contribution in [0.1, 0.15) is 29.5 Å². The van der Waals surface area contributed by atoms with Gasteiger partial charge in [-0.2, -0.15) is 0 Å². The van der Waals surface area contributed by atoms with Crippen LogP contribution in [0.15, 0.2) is 66.7 Å². The van der Waals surface area contributed by atoms with Gasteiger partial charge in [0.15, 0.2) is 5.41 Å². The van der Waals surface area contributed by atoms with Crippen molar-refractivity contribution in [2.75, 3.05) is 21.2 Å². The maximum Gasteiger partial charge on any atom is 0.342 e. The largest absolute Gasteiger partial charge is 0.367 e. The Bertz CT molecular complexity index is 1430. The van der Waals surface area contributed by atoms with Crippen LogP contribution < -0.4 is 14.7 Å². The Hall–Kier alpha value is -4.53. The van der Waals surface area contributed by atoms with E-state index in [0.717, 1.165) is 33.0 Å². The number of benzene rings is 3. The number of aryl methyl sites for hydroxylation is 2. The molecule has 0 bridgehead atoms. The predicted octanol–water partition coefficient (Wildman–Crippen LogP) is 4.92. The molecule has 0 aromatic heterocycles. The number of nitrogens with zero attached hydrogens (tertiary/aromatic N) is 4. The molecule has 0 radical (unpaired) electrons. The summed E-state index contributed by atoms with van der Waals surface area (Å²) < 4.78 is 0. The Labute approximate surface area is 219 Å². The van der Waals surface area contributed by atoms with Crippen LogP contribution in [0.25, 0.3) is 0 Å². The smallest absolute Gasteiger partial charge is 0.342 e. The van der Waals surface area contributed by atoms with Crippen molar-refractivity contribution in [3.63, 3.8) is 0 Å². The van der Waals surface area contributed by atoms with Crippen LogP contribution in [-0.2, 0) is 16.0 Å². The van der Waals surface area contributed by atoms with Crippen LogP contribution in [0.3, 0.4) is 0 Å². The Morgan fingerprint density at radius 3 is 1.92 bits per heavy atom. The van der Waals surface area contributed by atoms with Gasteiger partial charge in [-0.05, 0) is 62.6 Å². The van der Waals surface area contributed by atoms with Crippen molar-refractivity contribution in [2.24, 2.45) is 5.41 Å². The van der Waals surface area contributed by atoms with Gasteiger partial charge in [0.05, 0.1) is 22.3 Å². The van der Waals surface area contributed by atoms with Crippen molar-refractivity contribution in [3.05, 3.63) is 93.5 Å². The number of non-ortho nitro benzene ring substituents is 1. The number of barbiturate groups is 1. The first kappa shape index (κ1) is 23.8. The van der Waals surface area contributed by atoms with Gasteiger partial charge in [-0.3, -0.25) is 19.7 Å². The second-order valence-corrected chi connectivity index (χ2v) is 10.3. The van der Waals surface area contributed by atoms with E-state index >= 15 is 0 Å². The van der Waals surface area contributed by atoms with Gasteiger partial charge in [0.25, 0.3) is 17.5 Å². The molecule has 3 aliphatic rings. The molecule has 6 rings (SSSR count). The molecule has 192 valence electrons. The summed E-state index contributed by atoms with van der Waals surface area (Å²) in [6, 6.07) is 17.5. The van der Waals surface area contributed by atoms with Gasteiger partial charge >= 0.3 is 6.03 Å². The fraction of sp³-hybridized carbons (Fsp3) is 0.276. The lowest BCUT2D eigenvalue weighted by Gasteiger charge is -2.51. The second kappa shape index (κ2) is 8.51. The number of anilines is 3. The number of nitro groups is 1. The molecule has 9 heteroatoms. The van der Waals surface area contributed by atoms with E-state index < -0.39 is 34.2 Å². The number of hydrogen-bond donors (Lipinski definition) is 0. The SMILES string of the molecule is Cc1ccc(N2C(=O)N(c3ccc(C)cc3)C(=O)C3(Cc4cc([N+](=O)[O-])ccc4N4CCC[C@H]43)C2=O)cc1. The van der Waals surface area contributed by atoms with E-state index in [2.05, 4.69) is 0 Å². The molecule has 3 aromatic rings. The number of fused-ring (bicyclic) bond motifs is 4. The number of urea groups is 1. The highest BCUT2D eigenvalue weighted by atomic mass is 16.6. The van der Waals surface area contributed by atoms with E-state index in [9.17, 15) is 24.5 Å². The number of imide groups is 2. The zero-order valence-corrected chi connectivity index (χ0v) is 21.1. The first-order valence-electron chi connectivity index (χ1n) is 12.6. The van der Waals surface area contributed by atoms with Gasteiger partial charge < -0.3 is 4.90 Å². The van der Waals surface area contributed by atoms with Gasteiger partial charge in [0.2, 0.25) is 0 Å². The molecule has 3 aromatic carbocycles. The molecule has 4 amide bonds. The van der Waals surface area contributed by atoms with Crippen LogP contribution in [0.5, 0.6) is 0 Å². The van der Waals surface area contributed by atoms with E-state index in [0.29, 0.717) is 29.9 Å². The van der Waals surface area contributed by atoms with Crippen LogP contribution in [0, 0.1) is 29.4 Å². The van der Waals surface area contributed by atoms with Crippen LogP contribution in [-0.4, -0.2) is 35.4 Å². The first-order valence-corrected chi connectivity index (χ1v) is 12.6. The number of nitro benzene ring substituents is 1. The molecular formula is C29H26N4O5. The van der Waals surface area contributed by atoms with Crippen molar-refractivity contribution < 1.29 is 19.3 Å². The average molecular weight is 511 g/mol. The molecule has 0 aliphatic carbocycles. The molecule has 38 heavy (non-hydrogen) atoms. The molecular weight excluding hydrogens is 484 g/mol. The minimum atomic E-state index is -1.62. The van der Waals surface area contributed by atoms with Crippen molar-refractivity contribution in [3.8, 4) is 0 Å². The summed E-state index contributed by atoms with van der Waals surface area (Å²) in [5.41, 5.74) is 2.32. The second-order valence-electron chi connectivity index (χ2n) is 10.3. The third kappa shape index (κ3) is 3.34. The quantitative estimate of drug-likeness (QED) is 0.281. The van der Waals surface area contributed by atoms with Gasteiger partial charge in [0, 0.05) is 30.8 Å². The standard InChI is InChI=1S/C29H26N4O5/c1-18-5-9-21(10-6-18)31-26(34)29(27(35)32(28(31)36)22-11-7-19(2)8-12-22)17-20-16-23(33(37)38)13-14-24(20)30-15-3-4-25(29)30/h5-14,16,25H,3-4,15,17H2,1-2H3/t25-/m0/s1. The van der Waals surface area contributed by atoms with E-state index in [-0.39, 0.29) is 12.1 Å². The number of rotatable bonds is 3. The van der Waals surface area contributed by atoms with Gasteiger partial charge in [0.1, 0.15) is 0 Å². The third-order valence-corrected chi connectivity index (χ3v) is 8.01. The summed E-state index contributed by atoms with van der Waals surface area (Å²) in [5, 5.41) is 11.6.